The average molecular weight is 401 g/mol. The van der Waals surface area contributed by atoms with Crippen LogP contribution in [0.2, 0.25) is 5.02 Å². The van der Waals surface area contributed by atoms with E-state index in [9.17, 15) is 9.59 Å². The van der Waals surface area contributed by atoms with E-state index in [2.05, 4.69) is 10.3 Å². The second-order valence-electron chi connectivity index (χ2n) is 6.18. The summed E-state index contributed by atoms with van der Waals surface area (Å²) in [6.45, 7) is 1.75. The van der Waals surface area contributed by atoms with Crippen molar-refractivity contribution in [1.82, 2.24) is 10.3 Å². The summed E-state index contributed by atoms with van der Waals surface area (Å²) in [5.74, 6) is -0.371. The third kappa shape index (κ3) is 5.04. The Balaban J connectivity index is 1.66. The van der Waals surface area contributed by atoms with Gasteiger partial charge in [0.05, 0.1) is 6.61 Å². The first-order valence-electron chi connectivity index (χ1n) is 8.96. The van der Waals surface area contributed by atoms with Crippen molar-refractivity contribution in [3.8, 4) is 5.75 Å². The molecule has 146 valence electrons. The summed E-state index contributed by atoms with van der Waals surface area (Å²) in [5.41, 5.74) is 1.89. The third-order valence-corrected chi connectivity index (χ3v) is 4.44. The fraction of sp³-hybridized carbons (Fsp3) is 0.238. The van der Waals surface area contributed by atoms with Crippen molar-refractivity contribution in [1.29, 1.82) is 0 Å². The number of ether oxygens (including phenoxy) is 2. The molecule has 7 heteroatoms. The van der Waals surface area contributed by atoms with E-state index >= 15 is 0 Å². The predicted molar refractivity (Wildman–Crippen MR) is 108 cm³/mol. The van der Waals surface area contributed by atoms with Gasteiger partial charge in [-0.3, -0.25) is 4.79 Å². The quantitative estimate of drug-likeness (QED) is 0.567. The summed E-state index contributed by atoms with van der Waals surface area (Å²) in [6, 6.07) is 13.7. The highest BCUT2D eigenvalue weighted by Crippen LogP contribution is 2.19. The lowest BCUT2D eigenvalue weighted by Crippen LogP contribution is -2.45. The van der Waals surface area contributed by atoms with Gasteiger partial charge in [-0.15, -0.1) is 0 Å². The van der Waals surface area contributed by atoms with Crippen LogP contribution in [0.15, 0.2) is 54.7 Å². The number of para-hydroxylation sites is 1. The molecular weight excluding hydrogens is 380 g/mol. The molecule has 0 aliphatic heterocycles. The summed E-state index contributed by atoms with van der Waals surface area (Å²) in [6.07, 6.45) is 2.16. The van der Waals surface area contributed by atoms with Crippen LogP contribution >= 0.6 is 11.6 Å². The van der Waals surface area contributed by atoms with Gasteiger partial charge in [0, 0.05) is 28.5 Å². The Labute approximate surface area is 167 Å². The molecule has 6 nitrogen and oxygen atoms in total. The van der Waals surface area contributed by atoms with Crippen LogP contribution in [-0.2, 0) is 20.7 Å². The van der Waals surface area contributed by atoms with E-state index in [1.165, 1.54) is 0 Å². The number of aromatic amines is 1. The number of hydrogen-bond donors (Lipinski definition) is 2. The number of amides is 1. The zero-order chi connectivity index (χ0) is 19.9. The Kier molecular flexibility index (Phi) is 6.55. The molecular formula is C21H21ClN2O4. The van der Waals surface area contributed by atoms with Gasteiger partial charge in [-0.05, 0) is 42.8 Å². The summed E-state index contributed by atoms with van der Waals surface area (Å²) in [7, 11) is 0. The van der Waals surface area contributed by atoms with Gasteiger partial charge in [0.2, 0.25) is 0 Å². The highest BCUT2D eigenvalue weighted by atomic mass is 35.5. The minimum absolute atomic E-state index is 0.217. The van der Waals surface area contributed by atoms with Crippen molar-refractivity contribution < 1.29 is 19.1 Å². The maximum atomic E-state index is 12.4. The number of carbonyl (C=O) groups is 2. The Hall–Kier alpha value is -2.99. The van der Waals surface area contributed by atoms with Gasteiger partial charge in [0.15, 0.2) is 6.61 Å². The minimum Gasteiger partial charge on any atom is -0.484 e. The first-order chi connectivity index (χ1) is 13.6. The molecule has 2 N–H and O–H groups in total. The molecule has 3 aromatic rings. The van der Waals surface area contributed by atoms with Gasteiger partial charge in [0.25, 0.3) is 5.91 Å². The Morgan fingerprint density at radius 3 is 2.64 bits per heavy atom. The summed E-state index contributed by atoms with van der Waals surface area (Å²) >= 11 is 5.83. The summed E-state index contributed by atoms with van der Waals surface area (Å²) in [5, 5.41) is 4.29. The molecule has 0 radical (unpaired) electrons. The van der Waals surface area contributed by atoms with E-state index in [4.69, 9.17) is 21.1 Å². The number of esters is 1. The fourth-order valence-corrected chi connectivity index (χ4v) is 3.00. The smallest absolute Gasteiger partial charge is 0.328 e. The number of carbonyl (C=O) groups excluding carboxylic acids is 2. The molecule has 0 bridgehead atoms. The van der Waals surface area contributed by atoms with Crippen LogP contribution in [-0.4, -0.2) is 36.1 Å². The van der Waals surface area contributed by atoms with Crippen molar-refractivity contribution in [2.75, 3.05) is 13.2 Å². The van der Waals surface area contributed by atoms with E-state index in [1.54, 1.807) is 31.2 Å². The molecule has 0 saturated heterocycles. The molecule has 1 amide bonds. The lowest BCUT2D eigenvalue weighted by atomic mass is 10.0. The topological polar surface area (TPSA) is 80.4 Å². The lowest BCUT2D eigenvalue weighted by molar-refractivity contribution is -0.147. The fourth-order valence-electron chi connectivity index (χ4n) is 2.87. The molecule has 0 aliphatic rings. The number of fused-ring (bicyclic) bond motifs is 1. The average Bonchev–Trinajstić information content (AvgIpc) is 3.10. The number of aromatic nitrogens is 1. The zero-order valence-corrected chi connectivity index (χ0v) is 16.2. The van der Waals surface area contributed by atoms with Gasteiger partial charge in [-0.25, -0.2) is 4.79 Å². The molecule has 3 rings (SSSR count). The van der Waals surface area contributed by atoms with Crippen LogP contribution in [0, 0.1) is 0 Å². The third-order valence-electron chi connectivity index (χ3n) is 4.19. The number of nitrogens with one attached hydrogen (secondary N) is 2. The van der Waals surface area contributed by atoms with Crippen molar-refractivity contribution in [2.45, 2.75) is 19.4 Å². The maximum Gasteiger partial charge on any atom is 0.328 e. The van der Waals surface area contributed by atoms with Crippen LogP contribution in [0.5, 0.6) is 5.75 Å². The normalized spacial score (nSPS) is 11.8. The first kappa shape index (κ1) is 19.8. The minimum atomic E-state index is -0.805. The van der Waals surface area contributed by atoms with Gasteiger partial charge >= 0.3 is 5.97 Å². The molecule has 0 fully saturated rings. The van der Waals surface area contributed by atoms with Gasteiger partial charge in [-0.2, -0.15) is 0 Å². The monoisotopic (exact) mass is 400 g/mol. The second-order valence-corrected chi connectivity index (χ2v) is 6.61. The van der Waals surface area contributed by atoms with E-state index in [1.807, 2.05) is 30.5 Å². The highest BCUT2D eigenvalue weighted by molar-refractivity contribution is 6.30. The highest BCUT2D eigenvalue weighted by Gasteiger charge is 2.24. The Morgan fingerprint density at radius 1 is 1.14 bits per heavy atom. The largest absolute Gasteiger partial charge is 0.484 e. The standard InChI is InChI=1S/C21H21ClN2O4/c1-2-27-21(26)19(11-14-12-23-18-6-4-3-5-17(14)18)24-20(25)13-28-16-9-7-15(22)8-10-16/h3-10,12,19,23H,2,11,13H2,1H3,(H,24,25)/t19-/m1/s1. The Morgan fingerprint density at radius 2 is 1.89 bits per heavy atom. The van der Waals surface area contributed by atoms with Crippen molar-refractivity contribution in [2.24, 2.45) is 0 Å². The van der Waals surface area contributed by atoms with Gasteiger partial charge in [0.1, 0.15) is 11.8 Å². The predicted octanol–water partition coefficient (Wildman–Crippen LogP) is 3.49. The molecule has 1 heterocycles. The van der Waals surface area contributed by atoms with Crippen molar-refractivity contribution in [3.63, 3.8) is 0 Å². The number of H-pyrrole nitrogens is 1. The van der Waals surface area contributed by atoms with Crippen LogP contribution in [0.3, 0.4) is 0 Å². The van der Waals surface area contributed by atoms with E-state index in [-0.39, 0.29) is 13.2 Å². The van der Waals surface area contributed by atoms with E-state index in [0.29, 0.717) is 17.2 Å². The van der Waals surface area contributed by atoms with Crippen LogP contribution < -0.4 is 10.1 Å². The van der Waals surface area contributed by atoms with Crippen molar-refractivity contribution >= 4 is 34.4 Å². The maximum absolute atomic E-state index is 12.4. The number of benzene rings is 2. The summed E-state index contributed by atoms with van der Waals surface area (Å²) in [4.78, 5) is 27.8. The molecule has 2 aromatic carbocycles. The van der Waals surface area contributed by atoms with E-state index < -0.39 is 17.9 Å². The van der Waals surface area contributed by atoms with Crippen LogP contribution in [0.25, 0.3) is 10.9 Å². The molecule has 0 unspecified atom stereocenters. The first-order valence-corrected chi connectivity index (χ1v) is 9.34. The van der Waals surface area contributed by atoms with Gasteiger partial charge < -0.3 is 19.8 Å². The molecule has 0 saturated carbocycles. The molecule has 28 heavy (non-hydrogen) atoms. The molecule has 0 spiro atoms. The molecule has 1 aromatic heterocycles. The molecule has 0 aliphatic carbocycles. The second kappa shape index (κ2) is 9.28. The zero-order valence-electron chi connectivity index (χ0n) is 15.4. The van der Waals surface area contributed by atoms with Crippen molar-refractivity contribution in [3.05, 3.63) is 65.3 Å². The van der Waals surface area contributed by atoms with Gasteiger partial charge in [-0.1, -0.05) is 29.8 Å². The Bertz CT molecular complexity index is 952. The number of halogens is 1. The van der Waals surface area contributed by atoms with Crippen LogP contribution in [0.1, 0.15) is 12.5 Å². The summed E-state index contributed by atoms with van der Waals surface area (Å²) < 4.78 is 10.6. The number of hydrogen-bond acceptors (Lipinski definition) is 4. The lowest BCUT2D eigenvalue weighted by Gasteiger charge is -2.17. The van der Waals surface area contributed by atoms with Crippen LogP contribution in [0.4, 0.5) is 0 Å². The van der Waals surface area contributed by atoms with E-state index in [0.717, 1.165) is 16.5 Å². The number of rotatable bonds is 8. The SMILES string of the molecule is CCOC(=O)[C@@H](Cc1c[nH]c2ccccc12)NC(=O)COc1ccc(Cl)cc1. The molecule has 1 atom stereocenters.